The average Bonchev–Trinajstić information content (AvgIpc) is 3.19. The van der Waals surface area contributed by atoms with Gasteiger partial charge in [-0.25, -0.2) is 0 Å². The van der Waals surface area contributed by atoms with Crippen molar-refractivity contribution in [3.63, 3.8) is 0 Å². The third kappa shape index (κ3) is 3.12. The Balaban J connectivity index is 1.42. The summed E-state index contributed by atoms with van der Waals surface area (Å²) in [5.41, 5.74) is 0.150. The van der Waals surface area contributed by atoms with Crippen molar-refractivity contribution in [3.8, 4) is 0 Å². The number of halogens is 4. The number of carbonyl (C=O) groups is 1. The number of aromatic amines is 1. The highest BCUT2D eigenvalue weighted by Crippen LogP contribution is 2.50. The number of aromatic nitrogens is 4. The summed E-state index contributed by atoms with van der Waals surface area (Å²) in [5, 5.41) is 17.2. The van der Waals surface area contributed by atoms with Crippen LogP contribution in [0.1, 0.15) is 37.7 Å². The Morgan fingerprint density at radius 3 is 2.50 bits per heavy atom. The zero-order valence-corrected chi connectivity index (χ0v) is 16.6. The molecule has 1 aliphatic carbocycles. The van der Waals surface area contributed by atoms with Crippen LogP contribution in [-0.4, -0.2) is 50.8 Å². The Morgan fingerprint density at radius 2 is 1.90 bits per heavy atom. The monoisotopic (exact) mass is 440 g/mol. The van der Waals surface area contributed by atoms with Crippen molar-refractivity contribution in [2.24, 2.45) is 5.92 Å². The zero-order valence-electron chi connectivity index (χ0n) is 15.9. The van der Waals surface area contributed by atoms with E-state index in [1.165, 1.54) is 0 Å². The molecule has 11 heteroatoms. The van der Waals surface area contributed by atoms with E-state index in [4.69, 9.17) is 11.6 Å². The summed E-state index contributed by atoms with van der Waals surface area (Å²) in [6.07, 6.45) is -2.29. The van der Waals surface area contributed by atoms with Crippen LogP contribution in [0.2, 0.25) is 5.02 Å². The van der Waals surface area contributed by atoms with Crippen LogP contribution in [0.4, 0.5) is 19.1 Å². The molecule has 1 saturated carbocycles. The second-order valence-corrected chi connectivity index (χ2v) is 8.82. The summed E-state index contributed by atoms with van der Waals surface area (Å²) in [6.45, 7) is 0. The average molecular weight is 441 g/mol. The molecule has 1 amide bonds. The molecule has 0 unspecified atom stereocenters. The summed E-state index contributed by atoms with van der Waals surface area (Å²) >= 11 is 5.95. The highest BCUT2D eigenvalue weighted by atomic mass is 35.5. The van der Waals surface area contributed by atoms with Crippen LogP contribution < -0.4 is 10.2 Å². The van der Waals surface area contributed by atoms with Crippen LogP contribution >= 0.6 is 11.6 Å². The quantitative estimate of drug-likeness (QED) is 0.763. The smallest absolute Gasteiger partial charge is 0.351 e. The Hall–Kier alpha value is -2.36. The van der Waals surface area contributed by atoms with Gasteiger partial charge in [0.1, 0.15) is 0 Å². The number of alkyl halides is 3. The third-order valence-corrected chi connectivity index (χ3v) is 7.05. The first kappa shape index (κ1) is 19.6. The van der Waals surface area contributed by atoms with Crippen LogP contribution in [-0.2, 0) is 10.2 Å². The molecule has 0 spiro atoms. The van der Waals surface area contributed by atoms with Gasteiger partial charge < -0.3 is 10.2 Å². The normalized spacial score (nSPS) is 29.7. The van der Waals surface area contributed by atoms with Crippen LogP contribution in [0.3, 0.4) is 0 Å². The van der Waals surface area contributed by atoms with Crippen molar-refractivity contribution >= 4 is 23.5 Å². The number of carbonyl (C=O) groups excluding carboxylic acids is 1. The molecular formula is C19H20ClF3N6O. The van der Waals surface area contributed by atoms with Gasteiger partial charge in [-0.1, -0.05) is 28.8 Å². The number of hydrogen-bond donors (Lipinski definition) is 2. The van der Waals surface area contributed by atoms with Gasteiger partial charge in [0.15, 0.2) is 0 Å². The minimum Gasteiger partial charge on any atom is -0.351 e. The number of hydrogen-bond acceptors (Lipinski definition) is 5. The summed E-state index contributed by atoms with van der Waals surface area (Å²) in [6, 6.07) is 5.39. The van der Waals surface area contributed by atoms with Crippen LogP contribution in [0.25, 0.3) is 0 Å². The molecule has 160 valence electrons. The van der Waals surface area contributed by atoms with E-state index in [2.05, 4.69) is 25.9 Å². The number of fused-ring (bicyclic) bond motifs is 2. The van der Waals surface area contributed by atoms with Crippen molar-refractivity contribution in [2.45, 2.75) is 61.8 Å². The highest BCUT2D eigenvalue weighted by Gasteiger charge is 2.59. The lowest BCUT2D eigenvalue weighted by Crippen LogP contribution is -2.61. The molecular weight excluding hydrogens is 421 g/mol. The first-order valence-electron chi connectivity index (χ1n) is 9.95. The van der Waals surface area contributed by atoms with E-state index in [1.807, 2.05) is 12.1 Å². The summed E-state index contributed by atoms with van der Waals surface area (Å²) in [7, 11) is 0. The molecule has 2 saturated heterocycles. The molecule has 7 nitrogen and oxygen atoms in total. The predicted octanol–water partition coefficient (Wildman–Crippen LogP) is 2.99. The van der Waals surface area contributed by atoms with Crippen LogP contribution in [0.15, 0.2) is 24.3 Å². The van der Waals surface area contributed by atoms with E-state index in [0.29, 0.717) is 30.7 Å². The number of benzene rings is 1. The molecule has 5 rings (SSSR count). The molecule has 2 aromatic rings. The lowest BCUT2D eigenvalue weighted by Gasteiger charge is -2.44. The Labute approximate surface area is 175 Å². The molecule has 30 heavy (non-hydrogen) atoms. The van der Waals surface area contributed by atoms with Crippen LogP contribution in [0, 0.1) is 5.92 Å². The molecule has 4 atom stereocenters. The largest absolute Gasteiger partial charge is 0.393 e. The minimum absolute atomic E-state index is 0.143. The van der Waals surface area contributed by atoms with Crippen molar-refractivity contribution in [1.82, 2.24) is 25.9 Å². The topological polar surface area (TPSA) is 86.8 Å². The Bertz CT molecular complexity index is 931. The molecule has 3 fully saturated rings. The molecule has 2 aliphatic heterocycles. The maximum absolute atomic E-state index is 13.9. The van der Waals surface area contributed by atoms with Crippen LogP contribution in [0.5, 0.6) is 0 Å². The van der Waals surface area contributed by atoms with E-state index < -0.39 is 29.6 Å². The summed E-state index contributed by atoms with van der Waals surface area (Å²) in [4.78, 5) is 14.8. The van der Waals surface area contributed by atoms with Crippen molar-refractivity contribution in [3.05, 3.63) is 34.9 Å². The molecule has 2 N–H and O–H groups in total. The summed E-state index contributed by atoms with van der Waals surface area (Å²) in [5.74, 6) is -1.64. The number of rotatable bonds is 4. The fourth-order valence-electron chi connectivity index (χ4n) is 5.16. The maximum Gasteiger partial charge on any atom is 0.393 e. The van der Waals surface area contributed by atoms with Gasteiger partial charge in [0.2, 0.25) is 5.91 Å². The zero-order chi connectivity index (χ0) is 21.1. The van der Waals surface area contributed by atoms with E-state index >= 15 is 0 Å². The van der Waals surface area contributed by atoms with Gasteiger partial charge in [0.25, 0.3) is 5.95 Å². The number of tetrazole rings is 1. The third-order valence-electron chi connectivity index (χ3n) is 6.79. The number of amides is 1. The standard InChI is InChI=1S/C19H20ClF3N6O/c20-11-3-1-10(2-4-11)18(7-8-18)16(30)24-13-9-12(19(21,22)23)14-5-6-15(13)29(14)17-25-27-28-26-17/h1-4,12-15H,5-9H2,(H,24,30)(H,25,26,27,28)/t12-,13+,14+,15-/m0/s1. The van der Waals surface area contributed by atoms with Crippen molar-refractivity contribution < 1.29 is 18.0 Å². The lowest BCUT2D eigenvalue weighted by atomic mass is 9.85. The lowest BCUT2D eigenvalue weighted by molar-refractivity contribution is -0.186. The van der Waals surface area contributed by atoms with E-state index in [0.717, 1.165) is 5.56 Å². The summed E-state index contributed by atoms with van der Waals surface area (Å²) < 4.78 is 41.6. The minimum atomic E-state index is -4.38. The number of nitrogens with zero attached hydrogens (tertiary/aromatic N) is 4. The molecule has 3 heterocycles. The van der Waals surface area contributed by atoms with Gasteiger partial charge in [0.05, 0.1) is 17.4 Å². The highest BCUT2D eigenvalue weighted by molar-refractivity contribution is 6.30. The molecule has 1 aromatic heterocycles. The maximum atomic E-state index is 13.9. The fraction of sp³-hybridized carbons (Fsp3) is 0.579. The Morgan fingerprint density at radius 1 is 1.20 bits per heavy atom. The van der Waals surface area contributed by atoms with Gasteiger partial charge in [-0.15, -0.1) is 5.10 Å². The van der Waals surface area contributed by atoms with E-state index in [9.17, 15) is 18.0 Å². The second kappa shape index (κ2) is 6.83. The predicted molar refractivity (Wildman–Crippen MR) is 102 cm³/mol. The molecule has 1 aromatic carbocycles. The van der Waals surface area contributed by atoms with Crippen molar-refractivity contribution in [2.75, 3.05) is 4.90 Å². The van der Waals surface area contributed by atoms with Gasteiger partial charge in [-0.3, -0.25) is 4.79 Å². The van der Waals surface area contributed by atoms with Crippen molar-refractivity contribution in [1.29, 1.82) is 0 Å². The molecule has 3 aliphatic rings. The SMILES string of the molecule is O=C(N[C@@H]1C[C@H](C(F)(F)F)[C@H]2CC[C@@H]1N2c1nn[nH]n1)C1(c2ccc(Cl)cc2)CC1. The van der Waals surface area contributed by atoms with Gasteiger partial charge >= 0.3 is 6.18 Å². The van der Waals surface area contributed by atoms with Gasteiger partial charge in [0, 0.05) is 17.1 Å². The number of nitrogens with one attached hydrogen (secondary N) is 2. The number of piperidine rings is 1. The molecule has 0 radical (unpaired) electrons. The van der Waals surface area contributed by atoms with Gasteiger partial charge in [-0.2, -0.15) is 18.4 Å². The second-order valence-electron chi connectivity index (χ2n) is 8.38. The van der Waals surface area contributed by atoms with E-state index in [-0.39, 0.29) is 24.3 Å². The van der Waals surface area contributed by atoms with Gasteiger partial charge in [-0.05, 0) is 55.0 Å². The molecule has 2 bridgehead atoms. The van der Waals surface area contributed by atoms with E-state index in [1.54, 1.807) is 17.0 Å². The number of anilines is 1. The Kier molecular flexibility index (Phi) is 4.46. The fourth-order valence-corrected chi connectivity index (χ4v) is 5.29. The first-order valence-corrected chi connectivity index (χ1v) is 10.3. The number of H-pyrrole nitrogens is 1. The first-order chi connectivity index (χ1) is 14.3.